The van der Waals surface area contributed by atoms with Crippen LogP contribution in [0.15, 0.2) is 18.2 Å². The van der Waals surface area contributed by atoms with Crippen LogP contribution < -0.4 is 10.0 Å². The fourth-order valence-corrected chi connectivity index (χ4v) is 3.80. The number of sulfonamides is 1. The standard InChI is InChI=1S/C17H26F2N2O2S/c1-17(2,3)24(22,23)21-14-7-4-12(5-8-14)11-20-16-9-6-13(18)10-15(16)19/h6,9-10,12,14,20-21H,4-5,7-8,11H2,1-3H3. The van der Waals surface area contributed by atoms with E-state index in [9.17, 15) is 17.2 Å². The minimum atomic E-state index is -3.33. The Morgan fingerprint density at radius 1 is 1.12 bits per heavy atom. The Labute approximate surface area is 143 Å². The summed E-state index contributed by atoms with van der Waals surface area (Å²) < 4.78 is 52.8. The molecule has 0 aliphatic heterocycles. The third-order valence-corrected chi connectivity index (χ3v) is 6.74. The molecule has 0 aromatic heterocycles. The first-order valence-corrected chi connectivity index (χ1v) is 9.77. The van der Waals surface area contributed by atoms with Crippen molar-refractivity contribution < 1.29 is 17.2 Å². The molecule has 2 rings (SSSR count). The first-order chi connectivity index (χ1) is 11.1. The summed E-state index contributed by atoms with van der Waals surface area (Å²) in [5.41, 5.74) is 0.298. The van der Waals surface area contributed by atoms with E-state index < -0.39 is 26.4 Å². The van der Waals surface area contributed by atoms with E-state index in [2.05, 4.69) is 10.0 Å². The summed E-state index contributed by atoms with van der Waals surface area (Å²) in [6, 6.07) is 3.45. The van der Waals surface area contributed by atoms with Crippen LogP contribution in [0.25, 0.3) is 0 Å². The molecule has 0 amide bonds. The molecule has 0 saturated heterocycles. The van der Waals surface area contributed by atoms with Crippen LogP contribution in [-0.2, 0) is 10.0 Å². The highest BCUT2D eigenvalue weighted by atomic mass is 32.2. The predicted octanol–water partition coefficient (Wildman–Crippen LogP) is 3.65. The molecule has 4 nitrogen and oxygen atoms in total. The maximum Gasteiger partial charge on any atom is 0.216 e. The molecule has 1 fully saturated rings. The molecule has 24 heavy (non-hydrogen) atoms. The topological polar surface area (TPSA) is 58.2 Å². The first-order valence-electron chi connectivity index (χ1n) is 8.29. The molecule has 1 aromatic rings. The number of nitrogens with one attached hydrogen (secondary N) is 2. The highest BCUT2D eigenvalue weighted by molar-refractivity contribution is 7.90. The second-order valence-corrected chi connectivity index (χ2v) is 9.92. The van der Waals surface area contributed by atoms with Gasteiger partial charge in [0.05, 0.1) is 10.4 Å². The summed E-state index contributed by atoms with van der Waals surface area (Å²) in [5.74, 6) is -0.837. The van der Waals surface area contributed by atoms with Crippen LogP contribution in [0.3, 0.4) is 0 Å². The minimum Gasteiger partial charge on any atom is -0.382 e. The number of hydrogen-bond donors (Lipinski definition) is 2. The fourth-order valence-electron chi connectivity index (χ4n) is 2.77. The third kappa shape index (κ3) is 4.89. The van der Waals surface area contributed by atoms with Crippen molar-refractivity contribution >= 4 is 15.7 Å². The monoisotopic (exact) mass is 360 g/mol. The Balaban J connectivity index is 1.81. The second kappa shape index (κ2) is 7.35. The molecule has 0 bridgehead atoms. The molecular weight excluding hydrogens is 334 g/mol. The van der Waals surface area contributed by atoms with Crippen molar-refractivity contribution in [2.45, 2.75) is 57.2 Å². The quantitative estimate of drug-likeness (QED) is 0.843. The smallest absolute Gasteiger partial charge is 0.216 e. The van der Waals surface area contributed by atoms with Gasteiger partial charge in [-0.3, -0.25) is 0 Å². The van der Waals surface area contributed by atoms with Gasteiger partial charge >= 0.3 is 0 Å². The van der Waals surface area contributed by atoms with Crippen LogP contribution in [0.5, 0.6) is 0 Å². The van der Waals surface area contributed by atoms with E-state index in [0.29, 0.717) is 18.2 Å². The van der Waals surface area contributed by atoms with Crippen molar-refractivity contribution in [3.63, 3.8) is 0 Å². The van der Waals surface area contributed by atoms with E-state index in [0.717, 1.165) is 31.7 Å². The molecule has 0 atom stereocenters. The van der Waals surface area contributed by atoms with Gasteiger partial charge in [-0.05, 0) is 64.5 Å². The minimum absolute atomic E-state index is 0.0342. The fraction of sp³-hybridized carbons (Fsp3) is 0.647. The SMILES string of the molecule is CC(C)(C)S(=O)(=O)NC1CCC(CNc2ccc(F)cc2F)CC1. The molecule has 0 radical (unpaired) electrons. The maximum absolute atomic E-state index is 13.6. The summed E-state index contributed by atoms with van der Waals surface area (Å²) in [7, 11) is -3.33. The van der Waals surface area contributed by atoms with Crippen molar-refractivity contribution in [3.05, 3.63) is 29.8 Å². The number of halogens is 2. The van der Waals surface area contributed by atoms with Crippen molar-refractivity contribution in [2.75, 3.05) is 11.9 Å². The van der Waals surface area contributed by atoms with Crippen LogP contribution in [0, 0.1) is 17.6 Å². The summed E-state index contributed by atoms with van der Waals surface area (Å²) in [6.45, 7) is 5.65. The van der Waals surface area contributed by atoms with Crippen LogP contribution in [0.1, 0.15) is 46.5 Å². The zero-order valence-corrected chi connectivity index (χ0v) is 15.2. The van der Waals surface area contributed by atoms with Crippen LogP contribution >= 0.6 is 0 Å². The van der Waals surface area contributed by atoms with Crippen LogP contribution in [0.2, 0.25) is 0 Å². The molecule has 7 heteroatoms. The molecule has 1 saturated carbocycles. The van der Waals surface area contributed by atoms with Crippen molar-refractivity contribution in [2.24, 2.45) is 5.92 Å². The highest BCUT2D eigenvalue weighted by Gasteiger charge is 2.32. The van der Waals surface area contributed by atoms with Gasteiger partial charge < -0.3 is 5.32 Å². The molecule has 136 valence electrons. The molecule has 1 aromatic carbocycles. The van der Waals surface area contributed by atoms with E-state index in [1.54, 1.807) is 20.8 Å². The lowest BCUT2D eigenvalue weighted by Crippen LogP contribution is -2.46. The molecular formula is C17H26F2N2O2S. The van der Waals surface area contributed by atoms with Crippen LogP contribution in [-0.4, -0.2) is 25.8 Å². The van der Waals surface area contributed by atoms with E-state index >= 15 is 0 Å². The molecule has 0 spiro atoms. The second-order valence-electron chi connectivity index (χ2n) is 7.46. The Bertz CT molecular complexity index is 664. The van der Waals surface area contributed by atoms with E-state index in [1.165, 1.54) is 12.1 Å². The first kappa shape index (κ1) is 19.1. The van der Waals surface area contributed by atoms with E-state index in [4.69, 9.17) is 0 Å². The Kier molecular flexibility index (Phi) is 5.86. The Morgan fingerprint density at radius 2 is 1.75 bits per heavy atom. The van der Waals surface area contributed by atoms with Gasteiger partial charge in [0.2, 0.25) is 10.0 Å². The Morgan fingerprint density at radius 3 is 2.29 bits per heavy atom. The number of benzene rings is 1. The number of anilines is 1. The summed E-state index contributed by atoms with van der Waals surface area (Å²) in [4.78, 5) is 0. The molecule has 0 heterocycles. The molecule has 1 aliphatic carbocycles. The normalized spacial score (nSPS) is 22.4. The van der Waals surface area contributed by atoms with Gasteiger partial charge in [-0.25, -0.2) is 21.9 Å². The van der Waals surface area contributed by atoms with Gasteiger partial charge in [0, 0.05) is 18.7 Å². The molecule has 1 aliphatic rings. The van der Waals surface area contributed by atoms with Crippen LogP contribution in [0.4, 0.5) is 14.5 Å². The van der Waals surface area contributed by atoms with E-state index in [1.807, 2.05) is 0 Å². The largest absolute Gasteiger partial charge is 0.382 e. The maximum atomic E-state index is 13.6. The van der Waals surface area contributed by atoms with Crippen molar-refractivity contribution in [3.8, 4) is 0 Å². The predicted molar refractivity (Wildman–Crippen MR) is 92.4 cm³/mol. The third-order valence-electron chi connectivity index (χ3n) is 4.49. The average molecular weight is 360 g/mol. The zero-order valence-electron chi connectivity index (χ0n) is 14.4. The van der Waals surface area contributed by atoms with Gasteiger partial charge in [-0.15, -0.1) is 0 Å². The van der Waals surface area contributed by atoms with Crippen molar-refractivity contribution in [1.29, 1.82) is 0 Å². The lowest BCUT2D eigenvalue weighted by Gasteiger charge is -2.31. The molecule has 0 unspecified atom stereocenters. The van der Waals surface area contributed by atoms with Crippen molar-refractivity contribution in [1.82, 2.24) is 4.72 Å². The lowest BCUT2D eigenvalue weighted by atomic mass is 9.86. The van der Waals surface area contributed by atoms with Gasteiger partial charge in [0.15, 0.2) is 0 Å². The number of hydrogen-bond acceptors (Lipinski definition) is 3. The molecule has 2 N–H and O–H groups in total. The van der Waals surface area contributed by atoms with Gasteiger partial charge in [0.1, 0.15) is 11.6 Å². The summed E-state index contributed by atoms with van der Waals surface area (Å²) >= 11 is 0. The summed E-state index contributed by atoms with van der Waals surface area (Å²) in [6.07, 6.45) is 3.28. The Hall–Kier alpha value is -1.21. The van der Waals surface area contributed by atoms with Gasteiger partial charge in [-0.1, -0.05) is 0 Å². The number of rotatable bonds is 5. The summed E-state index contributed by atoms with van der Waals surface area (Å²) in [5, 5.41) is 3.02. The highest BCUT2D eigenvalue weighted by Crippen LogP contribution is 2.27. The van der Waals surface area contributed by atoms with E-state index in [-0.39, 0.29) is 6.04 Å². The average Bonchev–Trinajstić information content (AvgIpc) is 2.46. The van der Waals surface area contributed by atoms with Gasteiger partial charge in [0.25, 0.3) is 0 Å². The lowest BCUT2D eigenvalue weighted by molar-refractivity contribution is 0.322. The zero-order chi connectivity index (χ0) is 18.0. The van der Waals surface area contributed by atoms with Gasteiger partial charge in [-0.2, -0.15) is 0 Å².